The summed E-state index contributed by atoms with van der Waals surface area (Å²) in [6.07, 6.45) is -3.28. The first-order valence-electron chi connectivity index (χ1n) is 4.14. The molecule has 0 atom stereocenters. The van der Waals surface area contributed by atoms with E-state index in [4.69, 9.17) is 10.7 Å². The fourth-order valence-corrected chi connectivity index (χ4v) is 1.82. The minimum absolute atomic E-state index is 0.341. The Bertz CT molecular complexity index is 592. The fourth-order valence-electron chi connectivity index (χ4n) is 1.13. The van der Waals surface area contributed by atoms with E-state index in [1.807, 2.05) is 0 Å². The van der Waals surface area contributed by atoms with Crippen molar-refractivity contribution in [2.75, 3.05) is 7.11 Å². The van der Waals surface area contributed by atoms with E-state index in [-0.39, 0.29) is 0 Å². The van der Waals surface area contributed by atoms with Crippen molar-refractivity contribution in [1.29, 1.82) is 0 Å². The quantitative estimate of drug-likeness (QED) is 0.478. The predicted octanol–water partition coefficient (Wildman–Crippen LogP) is 1.86. The van der Waals surface area contributed by atoms with Gasteiger partial charge in [0.05, 0.1) is 12.0 Å². The van der Waals surface area contributed by atoms with Gasteiger partial charge < -0.3 is 4.74 Å². The lowest BCUT2D eigenvalue weighted by Gasteiger charge is -2.07. The van der Waals surface area contributed by atoms with Crippen LogP contribution in [0.5, 0.6) is 5.88 Å². The summed E-state index contributed by atoms with van der Waals surface area (Å²) in [5.41, 5.74) is -2.23. The summed E-state index contributed by atoms with van der Waals surface area (Å²) in [5, 5.41) is 9.69. The van der Waals surface area contributed by atoms with Gasteiger partial charge in [-0.2, -0.15) is 4.98 Å². The number of hydrogen-bond acceptors (Lipinski definition) is 6. The molecule has 1 aromatic heterocycles. The average Bonchev–Trinajstić information content (AvgIpc) is 2.25. The lowest BCUT2D eigenvalue weighted by molar-refractivity contribution is -0.387. The van der Waals surface area contributed by atoms with Gasteiger partial charge in [0, 0.05) is 10.7 Å². The number of aromatic nitrogens is 1. The third kappa shape index (κ3) is 2.82. The smallest absolute Gasteiger partial charge is 0.339 e. The Morgan fingerprint density at radius 1 is 1.56 bits per heavy atom. The van der Waals surface area contributed by atoms with Gasteiger partial charge in [0.15, 0.2) is 5.03 Å². The number of nitrogens with zero attached hydrogens (tertiary/aromatic N) is 2. The van der Waals surface area contributed by atoms with E-state index >= 15 is 0 Å². The minimum atomic E-state index is -4.41. The maximum absolute atomic E-state index is 12.6. The Morgan fingerprint density at radius 3 is 2.44 bits per heavy atom. The van der Waals surface area contributed by atoms with Crippen molar-refractivity contribution >= 4 is 25.4 Å². The zero-order chi connectivity index (χ0) is 14.1. The normalized spacial score (nSPS) is 11.6. The average molecular weight is 303 g/mol. The molecule has 0 bridgehead atoms. The highest BCUT2D eigenvalue weighted by Crippen LogP contribution is 2.37. The Balaban J connectivity index is 3.70. The topological polar surface area (TPSA) is 99.4 Å². The van der Waals surface area contributed by atoms with Gasteiger partial charge in [0.2, 0.25) is 0 Å². The maximum Gasteiger partial charge on any atom is 0.339 e. The first-order chi connectivity index (χ1) is 8.18. The van der Waals surface area contributed by atoms with Crippen LogP contribution in [0.25, 0.3) is 0 Å². The van der Waals surface area contributed by atoms with Crippen LogP contribution in [0.1, 0.15) is 12.0 Å². The zero-order valence-corrected chi connectivity index (χ0v) is 10.2. The predicted molar refractivity (Wildman–Crippen MR) is 55.4 cm³/mol. The Kier molecular flexibility index (Phi) is 4.02. The Labute approximate surface area is 104 Å². The van der Waals surface area contributed by atoms with Crippen molar-refractivity contribution in [3.63, 3.8) is 0 Å². The van der Waals surface area contributed by atoms with Crippen LogP contribution in [0, 0.1) is 10.1 Å². The number of nitro groups is 1. The second kappa shape index (κ2) is 4.98. The van der Waals surface area contributed by atoms with Crippen LogP contribution in [0.2, 0.25) is 0 Å². The highest BCUT2D eigenvalue weighted by atomic mass is 35.7. The molecule has 1 heterocycles. The largest absolute Gasteiger partial charge is 0.476 e. The van der Waals surface area contributed by atoms with Crippen LogP contribution in [-0.2, 0) is 9.05 Å². The number of alkyl halides is 2. The van der Waals surface area contributed by atoms with Gasteiger partial charge in [-0.25, -0.2) is 17.2 Å². The second-order valence-corrected chi connectivity index (χ2v) is 5.42. The molecular formula is C7H5ClF2N2O5S. The lowest BCUT2D eigenvalue weighted by Crippen LogP contribution is -2.06. The molecule has 0 saturated heterocycles. The van der Waals surface area contributed by atoms with E-state index in [9.17, 15) is 27.3 Å². The third-order valence-corrected chi connectivity index (χ3v) is 3.01. The van der Waals surface area contributed by atoms with E-state index in [0.29, 0.717) is 6.07 Å². The van der Waals surface area contributed by atoms with Gasteiger partial charge in [-0.1, -0.05) is 0 Å². The van der Waals surface area contributed by atoms with E-state index in [2.05, 4.69) is 9.72 Å². The van der Waals surface area contributed by atoms with Crippen LogP contribution < -0.4 is 4.74 Å². The molecule has 100 valence electrons. The standard InChI is InChI=1S/C7H5ClF2N2O5S/c1-17-7-5(12(13)14)3(6(9)10)2-4(11-7)18(8,15)16/h2,6H,1H3. The first kappa shape index (κ1) is 14.5. The van der Waals surface area contributed by atoms with Crippen molar-refractivity contribution in [3.8, 4) is 5.88 Å². The highest BCUT2D eigenvalue weighted by molar-refractivity contribution is 8.13. The molecule has 0 aliphatic heterocycles. The van der Waals surface area contributed by atoms with Crippen molar-refractivity contribution in [2.24, 2.45) is 0 Å². The van der Waals surface area contributed by atoms with E-state index in [1.165, 1.54) is 0 Å². The molecule has 1 rings (SSSR count). The molecule has 0 spiro atoms. The molecule has 0 amide bonds. The number of ether oxygens (including phenoxy) is 1. The third-order valence-electron chi connectivity index (χ3n) is 1.83. The van der Waals surface area contributed by atoms with Gasteiger partial charge in [0.1, 0.15) is 5.56 Å². The van der Waals surface area contributed by atoms with E-state index in [1.54, 1.807) is 0 Å². The van der Waals surface area contributed by atoms with Crippen molar-refractivity contribution < 1.29 is 26.9 Å². The van der Waals surface area contributed by atoms with Crippen molar-refractivity contribution in [3.05, 3.63) is 21.7 Å². The fraction of sp³-hybridized carbons (Fsp3) is 0.286. The highest BCUT2D eigenvalue weighted by Gasteiger charge is 2.31. The monoisotopic (exact) mass is 302 g/mol. The number of rotatable bonds is 4. The van der Waals surface area contributed by atoms with Crippen molar-refractivity contribution in [1.82, 2.24) is 4.98 Å². The van der Waals surface area contributed by atoms with Crippen LogP contribution in [0.4, 0.5) is 14.5 Å². The second-order valence-electron chi connectivity index (χ2n) is 2.90. The molecule has 0 radical (unpaired) electrons. The van der Waals surface area contributed by atoms with Crippen LogP contribution >= 0.6 is 10.7 Å². The molecule has 0 N–H and O–H groups in total. The summed E-state index contributed by atoms with van der Waals surface area (Å²) >= 11 is 0. The van der Waals surface area contributed by atoms with Gasteiger partial charge >= 0.3 is 5.69 Å². The minimum Gasteiger partial charge on any atom is -0.476 e. The van der Waals surface area contributed by atoms with Crippen LogP contribution in [0.15, 0.2) is 11.1 Å². The first-order valence-corrected chi connectivity index (χ1v) is 6.45. The molecule has 0 aliphatic carbocycles. The molecule has 0 fully saturated rings. The van der Waals surface area contributed by atoms with E-state index in [0.717, 1.165) is 7.11 Å². The molecule has 11 heteroatoms. The SMILES string of the molecule is COc1nc(S(=O)(=O)Cl)cc(C(F)F)c1[N+](=O)[O-]. The van der Waals surface area contributed by atoms with Gasteiger partial charge in [-0.3, -0.25) is 10.1 Å². The summed E-state index contributed by atoms with van der Waals surface area (Å²) in [7, 11) is 1.45. The summed E-state index contributed by atoms with van der Waals surface area (Å²) in [4.78, 5) is 12.7. The summed E-state index contributed by atoms with van der Waals surface area (Å²) < 4.78 is 51.7. The van der Waals surface area contributed by atoms with Crippen LogP contribution in [-0.4, -0.2) is 25.4 Å². The Hall–Kier alpha value is -1.55. The Morgan fingerprint density at radius 2 is 2.11 bits per heavy atom. The van der Waals surface area contributed by atoms with Crippen molar-refractivity contribution in [2.45, 2.75) is 11.5 Å². The molecule has 0 saturated carbocycles. The molecule has 7 nitrogen and oxygen atoms in total. The number of halogens is 3. The van der Waals surface area contributed by atoms with Gasteiger partial charge in [-0.05, 0) is 6.07 Å². The molecular weight excluding hydrogens is 298 g/mol. The van der Waals surface area contributed by atoms with Crippen LogP contribution in [0.3, 0.4) is 0 Å². The summed E-state index contributed by atoms with van der Waals surface area (Å²) in [5.74, 6) is -0.850. The molecule has 1 aromatic rings. The molecule has 18 heavy (non-hydrogen) atoms. The van der Waals surface area contributed by atoms with E-state index < -0.39 is 42.6 Å². The zero-order valence-electron chi connectivity index (χ0n) is 8.63. The number of hydrogen-bond donors (Lipinski definition) is 0. The van der Waals surface area contributed by atoms with Gasteiger partial charge in [-0.15, -0.1) is 0 Å². The molecule has 0 aromatic carbocycles. The maximum atomic E-state index is 12.6. The number of pyridine rings is 1. The molecule has 0 aliphatic rings. The molecule has 0 unspecified atom stereocenters. The summed E-state index contributed by atoms with van der Waals surface area (Å²) in [6.45, 7) is 0. The number of methoxy groups -OCH3 is 1. The van der Waals surface area contributed by atoms with Gasteiger partial charge in [0.25, 0.3) is 21.4 Å². The lowest BCUT2D eigenvalue weighted by atomic mass is 10.2. The summed E-state index contributed by atoms with van der Waals surface area (Å²) in [6, 6.07) is 0.341.